The summed E-state index contributed by atoms with van der Waals surface area (Å²) >= 11 is 0. The molecule has 0 heterocycles. The van der Waals surface area contributed by atoms with E-state index in [-0.39, 0.29) is 10.8 Å². The predicted molar refractivity (Wildman–Crippen MR) is 108 cm³/mol. The highest BCUT2D eigenvalue weighted by Crippen LogP contribution is 2.38. The highest BCUT2D eigenvalue weighted by atomic mass is 16.3. The van der Waals surface area contributed by atoms with Gasteiger partial charge in [0.05, 0.1) is 11.4 Å². The Morgan fingerprint density at radius 2 is 1.52 bits per heavy atom. The van der Waals surface area contributed by atoms with Crippen molar-refractivity contribution < 1.29 is 5.11 Å². The molecule has 0 saturated heterocycles. The molecule has 134 valence electrons. The molecule has 0 amide bonds. The molecule has 25 heavy (non-hydrogen) atoms. The van der Waals surface area contributed by atoms with Gasteiger partial charge in [-0.3, -0.25) is 4.99 Å². The van der Waals surface area contributed by atoms with Crippen LogP contribution in [0.3, 0.4) is 0 Å². The maximum absolute atomic E-state index is 11.0. The average Bonchev–Trinajstić information content (AvgIpc) is 2.52. The van der Waals surface area contributed by atoms with E-state index in [0.717, 1.165) is 28.9 Å². The second kappa shape index (κ2) is 7.03. The summed E-state index contributed by atoms with van der Waals surface area (Å²) in [6, 6.07) is 14.2. The summed E-state index contributed by atoms with van der Waals surface area (Å²) in [5.41, 5.74) is 4.75. The zero-order chi connectivity index (χ0) is 18.8. The molecule has 0 saturated carbocycles. The number of phenols is 1. The van der Waals surface area contributed by atoms with Crippen molar-refractivity contribution in [3.8, 4) is 5.75 Å². The number of para-hydroxylation sites is 1. The molecule has 1 N–H and O–H groups in total. The predicted octanol–water partition coefficient (Wildman–Crippen LogP) is 6.52. The van der Waals surface area contributed by atoms with Crippen LogP contribution in [0.25, 0.3) is 0 Å². The molecule has 2 aromatic rings. The number of aliphatic imine (C=N–C) groups is 1. The SMILES string of the molecule is CC/C(=N\c1ccccc1)c1cc(C(C)(C)C)cc(C(C)(C)C)c1O. The standard InChI is InChI=1S/C23H31NO/c1-8-20(24-17-12-10-9-11-13-17)18-14-16(22(2,3)4)15-19(21(18)25)23(5,6)7/h9-15,25H,8H2,1-7H3/b24-20+. The van der Waals surface area contributed by atoms with Crippen LogP contribution in [-0.2, 0) is 10.8 Å². The number of benzene rings is 2. The number of rotatable bonds is 3. The van der Waals surface area contributed by atoms with Crippen molar-refractivity contribution in [2.45, 2.75) is 65.7 Å². The minimum Gasteiger partial charge on any atom is -0.507 e. The molecule has 2 aromatic carbocycles. The highest BCUT2D eigenvalue weighted by molar-refractivity contribution is 6.04. The summed E-state index contributed by atoms with van der Waals surface area (Å²) in [5, 5.41) is 11.0. The Morgan fingerprint density at radius 3 is 2.00 bits per heavy atom. The van der Waals surface area contributed by atoms with E-state index >= 15 is 0 Å². The van der Waals surface area contributed by atoms with Crippen molar-refractivity contribution in [1.82, 2.24) is 0 Å². The summed E-state index contributed by atoms with van der Waals surface area (Å²) in [7, 11) is 0. The lowest BCUT2D eigenvalue weighted by atomic mass is 9.78. The number of hydrogen-bond acceptors (Lipinski definition) is 2. The molecule has 0 aliphatic carbocycles. The van der Waals surface area contributed by atoms with Gasteiger partial charge < -0.3 is 5.11 Å². The number of aromatic hydroxyl groups is 1. The van der Waals surface area contributed by atoms with E-state index in [1.807, 2.05) is 30.3 Å². The molecule has 2 rings (SSSR count). The smallest absolute Gasteiger partial charge is 0.128 e. The molecule has 0 spiro atoms. The van der Waals surface area contributed by atoms with Crippen molar-refractivity contribution >= 4 is 11.4 Å². The summed E-state index contributed by atoms with van der Waals surface area (Å²) in [6.45, 7) is 15.1. The molecule has 0 aliphatic rings. The van der Waals surface area contributed by atoms with Crippen LogP contribution in [0.2, 0.25) is 0 Å². The molecule has 0 radical (unpaired) electrons. The van der Waals surface area contributed by atoms with Gasteiger partial charge in [0.2, 0.25) is 0 Å². The molecule has 0 fully saturated rings. The molecule has 2 heteroatoms. The number of phenolic OH excluding ortho intramolecular Hbond substituents is 1. The van der Waals surface area contributed by atoms with Crippen molar-refractivity contribution in [2.75, 3.05) is 0 Å². The summed E-state index contributed by atoms with van der Waals surface area (Å²) < 4.78 is 0. The molecule has 0 atom stereocenters. The summed E-state index contributed by atoms with van der Waals surface area (Å²) in [5.74, 6) is 0.358. The van der Waals surface area contributed by atoms with Gasteiger partial charge in [-0.2, -0.15) is 0 Å². The Morgan fingerprint density at radius 1 is 0.920 bits per heavy atom. The van der Waals surface area contributed by atoms with Crippen LogP contribution >= 0.6 is 0 Å². The quantitative estimate of drug-likeness (QED) is 0.635. The Kier molecular flexibility index (Phi) is 5.41. The Labute approximate surface area is 152 Å². The van der Waals surface area contributed by atoms with Crippen LogP contribution in [0.1, 0.15) is 71.6 Å². The van der Waals surface area contributed by atoms with Crippen LogP contribution in [0.15, 0.2) is 47.5 Å². The first-order valence-corrected chi connectivity index (χ1v) is 9.05. The molecule has 2 nitrogen and oxygen atoms in total. The molecular weight excluding hydrogens is 306 g/mol. The zero-order valence-electron chi connectivity index (χ0n) is 16.6. The lowest BCUT2D eigenvalue weighted by Gasteiger charge is -2.27. The van der Waals surface area contributed by atoms with E-state index in [4.69, 9.17) is 4.99 Å². The van der Waals surface area contributed by atoms with Crippen molar-refractivity contribution in [2.24, 2.45) is 4.99 Å². The minimum atomic E-state index is -0.133. The number of hydrogen-bond donors (Lipinski definition) is 1. The maximum Gasteiger partial charge on any atom is 0.128 e. The minimum absolute atomic E-state index is 0.00798. The third kappa shape index (κ3) is 4.50. The first kappa shape index (κ1) is 19.2. The fraction of sp³-hybridized carbons (Fsp3) is 0.435. The van der Waals surface area contributed by atoms with Gasteiger partial charge in [-0.05, 0) is 41.0 Å². The molecule has 0 unspecified atom stereocenters. The highest BCUT2D eigenvalue weighted by Gasteiger charge is 2.26. The normalized spacial score (nSPS) is 13.2. The van der Waals surface area contributed by atoms with Gasteiger partial charge in [0.25, 0.3) is 0 Å². The van der Waals surface area contributed by atoms with E-state index in [0.29, 0.717) is 5.75 Å². The number of nitrogens with zero attached hydrogens (tertiary/aromatic N) is 1. The lowest BCUT2D eigenvalue weighted by Crippen LogP contribution is -2.18. The second-order valence-electron chi connectivity index (χ2n) is 8.67. The second-order valence-corrected chi connectivity index (χ2v) is 8.67. The largest absolute Gasteiger partial charge is 0.507 e. The fourth-order valence-corrected chi connectivity index (χ4v) is 2.85. The van der Waals surface area contributed by atoms with Gasteiger partial charge in [0.15, 0.2) is 0 Å². The van der Waals surface area contributed by atoms with Crippen molar-refractivity contribution in [3.05, 3.63) is 59.2 Å². The summed E-state index contributed by atoms with van der Waals surface area (Å²) in [6.07, 6.45) is 0.764. The van der Waals surface area contributed by atoms with E-state index in [1.54, 1.807) is 0 Å². The van der Waals surface area contributed by atoms with Crippen molar-refractivity contribution in [1.29, 1.82) is 0 Å². The first-order valence-electron chi connectivity index (χ1n) is 9.05. The monoisotopic (exact) mass is 337 g/mol. The summed E-state index contributed by atoms with van der Waals surface area (Å²) in [4.78, 5) is 4.81. The average molecular weight is 338 g/mol. The van der Waals surface area contributed by atoms with Gasteiger partial charge in [-0.25, -0.2) is 0 Å². The third-order valence-corrected chi connectivity index (χ3v) is 4.45. The Bertz CT molecular complexity index is 759. The van der Waals surface area contributed by atoms with Crippen LogP contribution in [0, 0.1) is 0 Å². The fourth-order valence-electron chi connectivity index (χ4n) is 2.85. The molecule has 0 aromatic heterocycles. The Hall–Kier alpha value is -2.09. The Balaban J connectivity index is 2.72. The van der Waals surface area contributed by atoms with Gasteiger partial charge in [0.1, 0.15) is 5.75 Å². The van der Waals surface area contributed by atoms with Gasteiger partial charge >= 0.3 is 0 Å². The van der Waals surface area contributed by atoms with Crippen LogP contribution in [-0.4, -0.2) is 10.8 Å². The van der Waals surface area contributed by atoms with Crippen LogP contribution in [0.4, 0.5) is 5.69 Å². The van der Waals surface area contributed by atoms with Crippen LogP contribution in [0.5, 0.6) is 5.75 Å². The van der Waals surface area contributed by atoms with Crippen molar-refractivity contribution in [3.63, 3.8) is 0 Å². The first-order chi connectivity index (χ1) is 11.5. The van der Waals surface area contributed by atoms with Gasteiger partial charge in [-0.1, -0.05) is 72.7 Å². The molecular formula is C23H31NO. The topological polar surface area (TPSA) is 32.6 Å². The van der Waals surface area contributed by atoms with E-state index in [1.165, 1.54) is 5.56 Å². The molecule has 0 bridgehead atoms. The van der Waals surface area contributed by atoms with Crippen LogP contribution < -0.4 is 0 Å². The van der Waals surface area contributed by atoms with E-state index < -0.39 is 0 Å². The van der Waals surface area contributed by atoms with Gasteiger partial charge in [0, 0.05) is 11.1 Å². The molecule has 0 aliphatic heterocycles. The lowest BCUT2D eigenvalue weighted by molar-refractivity contribution is 0.443. The van der Waals surface area contributed by atoms with E-state index in [2.05, 4.69) is 60.6 Å². The maximum atomic E-state index is 11.0. The third-order valence-electron chi connectivity index (χ3n) is 4.45. The van der Waals surface area contributed by atoms with Gasteiger partial charge in [-0.15, -0.1) is 0 Å². The van der Waals surface area contributed by atoms with E-state index in [9.17, 15) is 5.11 Å². The zero-order valence-corrected chi connectivity index (χ0v) is 16.6.